The van der Waals surface area contributed by atoms with Gasteiger partial charge in [0.25, 0.3) is 0 Å². The van der Waals surface area contributed by atoms with Crippen molar-refractivity contribution in [3.63, 3.8) is 0 Å². The molecule has 0 amide bonds. The van der Waals surface area contributed by atoms with Crippen molar-refractivity contribution in [3.8, 4) is 5.75 Å². The van der Waals surface area contributed by atoms with Crippen LogP contribution >= 0.6 is 0 Å². The van der Waals surface area contributed by atoms with Gasteiger partial charge in [0.15, 0.2) is 0 Å². The van der Waals surface area contributed by atoms with Gasteiger partial charge in [-0.1, -0.05) is 12.1 Å². The molecule has 0 spiro atoms. The predicted molar refractivity (Wildman–Crippen MR) is 91.4 cm³/mol. The summed E-state index contributed by atoms with van der Waals surface area (Å²) in [5.41, 5.74) is 1.07. The lowest BCUT2D eigenvalue weighted by Gasteiger charge is -2.39. The van der Waals surface area contributed by atoms with Crippen molar-refractivity contribution in [2.75, 3.05) is 33.8 Å². The molecule has 0 radical (unpaired) electrons. The van der Waals surface area contributed by atoms with Gasteiger partial charge in [-0.3, -0.25) is 9.88 Å². The maximum Gasteiger partial charge on any atom is 0.244 e. The first kappa shape index (κ1) is 16.9. The van der Waals surface area contributed by atoms with E-state index in [4.69, 9.17) is 4.74 Å². The molecule has 1 aliphatic rings. The number of aromatic nitrogens is 1. The third-order valence-electron chi connectivity index (χ3n) is 4.38. The molecular weight excluding hydrogens is 326 g/mol. The van der Waals surface area contributed by atoms with Crippen LogP contribution in [0.25, 0.3) is 0 Å². The van der Waals surface area contributed by atoms with E-state index in [1.54, 1.807) is 29.7 Å². The minimum Gasteiger partial charge on any atom is -0.497 e. The van der Waals surface area contributed by atoms with Crippen molar-refractivity contribution in [2.45, 2.75) is 10.9 Å². The molecule has 128 valence electrons. The second-order valence-electron chi connectivity index (χ2n) is 5.82. The maximum absolute atomic E-state index is 12.8. The number of rotatable bonds is 4. The van der Waals surface area contributed by atoms with Gasteiger partial charge in [-0.2, -0.15) is 4.31 Å². The summed E-state index contributed by atoms with van der Waals surface area (Å²) in [4.78, 5) is 6.34. The molecule has 1 aromatic carbocycles. The Morgan fingerprint density at radius 1 is 1.17 bits per heavy atom. The zero-order valence-electron chi connectivity index (χ0n) is 13.8. The van der Waals surface area contributed by atoms with Crippen LogP contribution in [0, 0.1) is 0 Å². The first-order valence-corrected chi connectivity index (χ1v) is 9.21. The molecule has 1 aliphatic heterocycles. The van der Waals surface area contributed by atoms with Crippen molar-refractivity contribution >= 4 is 10.0 Å². The van der Waals surface area contributed by atoms with E-state index in [0.29, 0.717) is 19.6 Å². The fourth-order valence-electron chi connectivity index (χ4n) is 2.90. The molecule has 0 bridgehead atoms. The second kappa shape index (κ2) is 6.88. The molecule has 1 atom stereocenters. The number of hydrogen-bond donors (Lipinski definition) is 0. The molecular formula is C17H21N3O3S. The third-order valence-corrected chi connectivity index (χ3v) is 6.23. The van der Waals surface area contributed by atoms with E-state index in [1.165, 1.54) is 6.20 Å². The van der Waals surface area contributed by atoms with E-state index in [2.05, 4.69) is 9.88 Å². The molecule has 6 nitrogen and oxygen atoms in total. The number of piperazine rings is 1. The molecule has 1 aromatic heterocycles. The van der Waals surface area contributed by atoms with E-state index >= 15 is 0 Å². The Bertz CT molecular complexity index is 778. The predicted octanol–water partition coefficient (Wildman–Crippen LogP) is 1.77. The summed E-state index contributed by atoms with van der Waals surface area (Å²) in [7, 11) is 0.126. The summed E-state index contributed by atoms with van der Waals surface area (Å²) in [6.07, 6.45) is 2.97. The molecule has 7 heteroatoms. The van der Waals surface area contributed by atoms with Gasteiger partial charge in [0, 0.05) is 38.1 Å². The lowest BCUT2D eigenvalue weighted by atomic mass is 10.0. The normalized spacial score (nSPS) is 20.0. The monoisotopic (exact) mass is 347 g/mol. The molecule has 2 heterocycles. The van der Waals surface area contributed by atoms with Crippen LogP contribution in [0.1, 0.15) is 11.6 Å². The summed E-state index contributed by atoms with van der Waals surface area (Å²) < 4.78 is 32.4. The van der Waals surface area contributed by atoms with Gasteiger partial charge in [0.1, 0.15) is 10.6 Å². The maximum atomic E-state index is 12.8. The molecule has 1 saturated heterocycles. The van der Waals surface area contributed by atoms with Crippen molar-refractivity contribution < 1.29 is 13.2 Å². The molecule has 1 fully saturated rings. The van der Waals surface area contributed by atoms with Crippen LogP contribution in [0.3, 0.4) is 0 Å². The lowest BCUT2D eigenvalue weighted by Crippen LogP contribution is -2.48. The van der Waals surface area contributed by atoms with Crippen molar-refractivity contribution in [1.29, 1.82) is 0 Å². The summed E-state index contributed by atoms with van der Waals surface area (Å²) >= 11 is 0. The SMILES string of the molecule is COc1ccc(C2CN(S(=O)(=O)c3cccnc3)CCN2C)cc1. The number of nitrogens with zero attached hydrogens (tertiary/aromatic N) is 3. The number of hydrogen-bond acceptors (Lipinski definition) is 5. The summed E-state index contributed by atoms with van der Waals surface area (Å²) in [5.74, 6) is 0.789. The van der Waals surface area contributed by atoms with E-state index in [9.17, 15) is 8.42 Å². The minimum atomic E-state index is -3.52. The van der Waals surface area contributed by atoms with Gasteiger partial charge in [-0.05, 0) is 36.9 Å². The van der Waals surface area contributed by atoms with Crippen molar-refractivity contribution in [2.24, 2.45) is 0 Å². The molecule has 0 aliphatic carbocycles. The molecule has 1 unspecified atom stereocenters. The number of benzene rings is 1. The molecule has 0 saturated carbocycles. The number of methoxy groups -OCH3 is 1. The Labute approximate surface area is 142 Å². The average Bonchev–Trinajstić information content (AvgIpc) is 2.63. The first-order chi connectivity index (χ1) is 11.5. The zero-order valence-corrected chi connectivity index (χ0v) is 14.6. The number of ether oxygens (including phenoxy) is 1. The quantitative estimate of drug-likeness (QED) is 0.843. The highest BCUT2D eigenvalue weighted by Crippen LogP contribution is 2.28. The zero-order chi connectivity index (χ0) is 17.2. The van der Waals surface area contributed by atoms with Gasteiger partial charge in [0.2, 0.25) is 10.0 Å². The van der Waals surface area contributed by atoms with Gasteiger partial charge in [0.05, 0.1) is 7.11 Å². The van der Waals surface area contributed by atoms with Crippen LogP contribution in [0.2, 0.25) is 0 Å². The summed E-state index contributed by atoms with van der Waals surface area (Å²) in [5, 5.41) is 0. The number of pyridine rings is 1. The van der Waals surface area contributed by atoms with Crippen LogP contribution in [-0.2, 0) is 10.0 Å². The van der Waals surface area contributed by atoms with Crippen molar-refractivity contribution in [3.05, 3.63) is 54.4 Å². The van der Waals surface area contributed by atoms with Crippen LogP contribution < -0.4 is 4.74 Å². The molecule has 0 N–H and O–H groups in total. The molecule has 2 aromatic rings. The largest absolute Gasteiger partial charge is 0.497 e. The van der Waals surface area contributed by atoms with Gasteiger partial charge < -0.3 is 4.74 Å². The number of likely N-dealkylation sites (N-methyl/N-ethyl adjacent to an activating group) is 1. The standard InChI is InChI=1S/C17H21N3O3S/c1-19-10-11-20(24(21,22)16-4-3-9-18-12-16)13-17(19)14-5-7-15(23-2)8-6-14/h3-9,12,17H,10-11,13H2,1-2H3. The van der Waals surface area contributed by atoms with Crippen LogP contribution in [-0.4, -0.2) is 56.4 Å². The van der Waals surface area contributed by atoms with E-state index in [-0.39, 0.29) is 10.9 Å². The fraction of sp³-hybridized carbons (Fsp3) is 0.353. The topological polar surface area (TPSA) is 62.7 Å². The van der Waals surface area contributed by atoms with E-state index in [1.807, 2.05) is 31.3 Å². The average molecular weight is 347 g/mol. The van der Waals surface area contributed by atoms with Gasteiger partial charge in [-0.15, -0.1) is 0 Å². The fourth-order valence-corrected chi connectivity index (χ4v) is 4.30. The Kier molecular flexibility index (Phi) is 4.84. The number of sulfonamides is 1. The van der Waals surface area contributed by atoms with E-state index in [0.717, 1.165) is 11.3 Å². The van der Waals surface area contributed by atoms with Crippen LogP contribution in [0.4, 0.5) is 0 Å². The Balaban J connectivity index is 1.85. The third kappa shape index (κ3) is 3.28. The smallest absolute Gasteiger partial charge is 0.244 e. The molecule has 3 rings (SSSR count). The Morgan fingerprint density at radius 3 is 2.54 bits per heavy atom. The highest BCUT2D eigenvalue weighted by Gasteiger charge is 2.33. The van der Waals surface area contributed by atoms with Crippen molar-refractivity contribution in [1.82, 2.24) is 14.2 Å². The highest BCUT2D eigenvalue weighted by molar-refractivity contribution is 7.89. The Hall–Kier alpha value is -1.96. The second-order valence-corrected chi connectivity index (χ2v) is 7.76. The first-order valence-electron chi connectivity index (χ1n) is 7.77. The summed E-state index contributed by atoms with van der Waals surface area (Å²) in [6, 6.07) is 11.0. The molecule has 24 heavy (non-hydrogen) atoms. The Morgan fingerprint density at radius 2 is 1.92 bits per heavy atom. The lowest BCUT2D eigenvalue weighted by molar-refractivity contribution is 0.148. The summed E-state index contributed by atoms with van der Waals surface area (Å²) in [6.45, 7) is 1.57. The van der Waals surface area contributed by atoms with Crippen LogP contribution in [0.15, 0.2) is 53.7 Å². The van der Waals surface area contributed by atoms with Gasteiger partial charge >= 0.3 is 0 Å². The minimum absolute atomic E-state index is 0.0103. The van der Waals surface area contributed by atoms with Gasteiger partial charge in [-0.25, -0.2) is 8.42 Å². The van der Waals surface area contributed by atoms with Crippen LogP contribution in [0.5, 0.6) is 5.75 Å². The highest BCUT2D eigenvalue weighted by atomic mass is 32.2. The van der Waals surface area contributed by atoms with E-state index < -0.39 is 10.0 Å².